The van der Waals surface area contributed by atoms with Crippen molar-refractivity contribution in [1.82, 2.24) is 5.32 Å². The summed E-state index contributed by atoms with van der Waals surface area (Å²) in [5.41, 5.74) is 2.18. The molecular formula is C18H19NO3. The summed E-state index contributed by atoms with van der Waals surface area (Å²) in [5, 5.41) is 3.14. The molecule has 0 bridgehead atoms. The molecule has 2 aromatic rings. The van der Waals surface area contributed by atoms with E-state index in [1.165, 1.54) is 7.11 Å². The number of esters is 1. The molecule has 1 fully saturated rings. The molecule has 1 saturated heterocycles. The third-order valence-electron chi connectivity index (χ3n) is 3.84. The van der Waals surface area contributed by atoms with Crippen molar-refractivity contribution >= 4 is 5.97 Å². The van der Waals surface area contributed by atoms with Crippen LogP contribution in [0.15, 0.2) is 54.6 Å². The van der Waals surface area contributed by atoms with Crippen molar-refractivity contribution in [3.8, 4) is 16.9 Å². The number of hydrogen-bond donors (Lipinski definition) is 1. The van der Waals surface area contributed by atoms with Crippen LogP contribution < -0.4 is 10.1 Å². The molecule has 0 saturated carbocycles. The third-order valence-corrected chi connectivity index (χ3v) is 3.84. The van der Waals surface area contributed by atoms with Crippen molar-refractivity contribution < 1.29 is 14.3 Å². The third kappa shape index (κ3) is 3.12. The lowest BCUT2D eigenvalue weighted by atomic mass is 10.0. The molecule has 3 rings (SSSR count). The number of methoxy groups -OCH3 is 1. The molecule has 114 valence electrons. The van der Waals surface area contributed by atoms with E-state index in [-0.39, 0.29) is 18.1 Å². The summed E-state index contributed by atoms with van der Waals surface area (Å²) in [5.74, 6) is 0.605. The predicted molar refractivity (Wildman–Crippen MR) is 84.7 cm³/mol. The van der Waals surface area contributed by atoms with E-state index in [2.05, 4.69) is 17.4 Å². The Labute approximate surface area is 130 Å². The normalized spacial score (nSPS) is 20.6. The maximum Gasteiger partial charge on any atom is 0.323 e. The highest BCUT2D eigenvalue weighted by atomic mass is 16.5. The van der Waals surface area contributed by atoms with Crippen molar-refractivity contribution in [3.05, 3.63) is 54.6 Å². The first-order valence-electron chi connectivity index (χ1n) is 7.40. The van der Waals surface area contributed by atoms with Gasteiger partial charge in [0.2, 0.25) is 0 Å². The van der Waals surface area contributed by atoms with Crippen LogP contribution in [0.25, 0.3) is 11.1 Å². The number of ether oxygens (including phenoxy) is 2. The number of carbonyl (C=O) groups is 1. The summed E-state index contributed by atoms with van der Waals surface area (Å²) in [6, 6.07) is 17.8. The monoisotopic (exact) mass is 297 g/mol. The first kappa shape index (κ1) is 14.6. The van der Waals surface area contributed by atoms with Gasteiger partial charge in [0.15, 0.2) is 0 Å². The van der Waals surface area contributed by atoms with Crippen LogP contribution in [0.3, 0.4) is 0 Å². The van der Waals surface area contributed by atoms with Gasteiger partial charge in [0.05, 0.1) is 7.11 Å². The smallest absolute Gasteiger partial charge is 0.323 e. The zero-order chi connectivity index (χ0) is 15.4. The Morgan fingerprint density at radius 3 is 2.59 bits per heavy atom. The Kier molecular flexibility index (Phi) is 4.39. The van der Waals surface area contributed by atoms with Gasteiger partial charge in [-0.05, 0) is 11.6 Å². The summed E-state index contributed by atoms with van der Waals surface area (Å²) in [6.07, 6.45) is 0.587. The van der Waals surface area contributed by atoms with Gasteiger partial charge in [0.1, 0.15) is 17.9 Å². The molecule has 0 amide bonds. The molecule has 22 heavy (non-hydrogen) atoms. The average Bonchev–Trinajstić information content (AvgIpc) is 3.04. The Morgan fingerprint density at radius 2 is 1.82 bits per heavy atom. The summed E-state index contributed by atoms with van der Waals surface area (Å²) in [4.78, 5) is 11.6. The highest BCUT2D eigenvalue weighted by Gasteiger charge is 2.31. The molecule has 2 unspecified atom stereocenters. The first-order valence-corrected chi connectivity index (χ1v) is 7.40. The van der Waals surface area contributed by atoms with Crippen LogP contribution in [0.1, 0.15) is 6.42 Å². The molecule has 1 aliphatic heterocycles. The quantitative estimate of drug-likeness (QED) is 0.881. The van der Waals surface area contributed by atoms with Gasteiger partial charge in [-0.1, -0.05) is 48.5 Å². The van der Waals surface area contributed by atoms with Crippen LogP contribution in [0.2, 0.25) is 0 Å². The minimum absolute atomic E-state index is 0.0334. The Morgan fingerprint density at radius 1 is 1.09 bits per heavy atom. The lowest BCUT2D eigenvalue weighted by molar-refractivity contribution is -0.142. The molecule has 0 radical (unpaired) electrons. The van der Waals surface area contributed by atoms with E-state index >= 15 is 0 Å². The van der Waals surface area contributed by atoms with E-state index in [9.17, 15) is 4.79 Å². The van der Waals surface area contributed by atoms with E-state index in [1.807, 2.05) is 42.5 Å². The molecule has 2 aromatic carbocycles. The van der Waals surface area contributed by atoms with Gasteiger partial charge in [-0.2, -0.15) is 0 Å². The predicted octanol–water partition coefficient (Wildman–Crippen LogP) is 2.64. The summed E-state index contributed by atoms with van der Waals surface area (Å²) in [6.45, 7) is 0.642. The molecule has 1 N–H and O–H groups in total. The van der Waals surface area contributed by atoms with Crippen molar-refractivity contribution in [2.75, 3.05) is 13.7 Å². The van der Waals surface area contributed by atoms with Gasteiger partial charge in [-0.15, -0.1) is 0 Å². The second-order valence-corrected chi connectivity index (χ2v) is 5.32. The van der Waals surface area contributed by atoms with E-state index in [4.69, 9.17) is 9.47 Å². The highest BCUT2D eigenvalue weighted by molar-refractivity contribution is 5.76. The van der Waals surface area contributed by atoms with Gasteiger partial charge >= 0.3 is 5.97 Å². The van der Waals surface area contributed by atoms with Gasteiger partial charge in [0.25, 0.3) is 0 Å². The average molecular weight is 297 g/mol. The van der Waals surface area contributed by atoms with Crippen molar-refractivity contribution in [2.24, 2.45) is 0 Å². The molecule has 0 aromatic heterocycles. The van der Waals surface area contributed by atoms with E-state index in [0.717, 1.165) is 16.9 Å². The topological polar surface area (TPSA) is 47.6 Å². The molecule has 1 heterocycles. The minimum atomic E-state index is -0.279. The molecule has 4 nitrogen and oxygen atoms in total. The second kappa shape index (κ2) is 6.62. The molecule has 0 spiro atoms. The van der Waals surface area contributed by atoms with E-state index < -0.39 is 0 Å². The van der Waals surface area contributed by atoms with Crippen LogP contribution >= 0.6 is 0 Å². The van der Waals surface area contributed by atoms with Crippen LogP contribution in [0.4, 0.5) is 0 Å². The molecular weight excluding hydrogens is 278 g/mol. The molecule has 1 aliphatic rings. The fourth-order valence-electron chi connectivity index (χ4n) is 2.72. The maximum atomic E-state index is 11.6. The minimum Gasteiger partial charge on any atom is -0.488 e. The molecule has 0 aliphatic carbocycles. The Balaban J connectivity index is 1.76. The lowest BCUT2D eigenvalue weighted by Gasteiger charge is -2.16. The zero-order valence-electron chi connectivity index (χ0n) is 12.5. The van der Waals surface area contributed by atoms with E-state index in [0.29, 0.717) is 13.0 Å². The van der Waals surface area contributed by atoms with Crippen molar-refractivity contribution in [1.29, 1.82) is 0 Å². The summed E-state index contributed by atoms with van der Waals surface area (Å²) in [7, 11) is 1.41. The largest absolute Gasteiger partial charge is 0.488 e. The highest BCUT2D eigenvalue weighted by Crippen LogP contribution is 2.31. The fourth-order valence-corrected chi connectivity index (χ4v) is 2.72. The van der Waals surface area contributed by atoms with Crippen molar-refractivity contribution in [2.45, 2.75) is 18.6 Å². The summed E-state index contributed by atoms with van der Waals surface area (Å²) < 4.78 is 10.9. The van der Waals surface area contributed by atoms with Crippen LogP contribution in [0, 0.1) is 0 Å². The number of carbonyl (C=O) groups excluding carboxylic acids is 1. The number of benzene rings is 2. The maximum absolute atomic E-state index is 11.6. The molecule has 2 atom stereocenters. The lowest BCUT2D eigenvalue weighted by Crippen LogP contribution is -2.31. The van der Waals surface area contributed by atoms with Crippen LogP contribution in [-0.4, -0.2) is 31.8 Å². The fraction of sp³-hybridized carbons (Fsp3) is 0.278. The second-order valence-electron chi connectivity index (χ2n) is 5.32. The number of rotatable bonds is 4. The number of nitrogens with one attached hydrogen (secondary N) is 1. The number of hydrogen-bond acceptors (Lipinski definition) is 4. The van der Waals surface area contributed by atoms with Gasteiger partial charge < -0.3 is 14.8 Å². The van der Waals surface area contributed by atoms with Crippen molar-refractivity contribution in [3.63, 3.8) is 0 Å². The number of para-hydroxylation sites is 1. The van der Waals surface area contributed by atoms with Gasteiger partial charge in [-0.25, -0.2) is 0 Å². The van der Waals surface area contributed by atoms with E-state index in [1.54, 1.807) is 0 Å². The van der Waals surface area contributed by atoms with Crippen LogP contribution in [0.5, 0.6) is 5.75 Å². The standard InChI is InChI=1S/C18H19NO3/c1-21-18(20)16-11-14(12-19-16)22-17-10-6-5-9-15(17)13-7-3-2-4-8-13/h2-10,14,16,19H,11-12H2,1H3. The first-order chi connectivity index (χ1) is 10.8. The van der Waals surface area contributed by atoms with Crippen LogP contribution in [-0.2, 0) is 9.53 Å². The SMILES string of the molecule is COC(=O)C1CC(Oc2ccccc2-c2ccccc2)CN1. The van der Waals surface area contributed by atoms with Gasteiger partial charge in [0, 0.05) is 18.5 Å². The van der Waals surface area contributed by atoms with Gasteiger partial charge in [-0.3, -0.25) is 4.79 Å². The Hall–Kier alpha value is -2.33. The molecule has 4 heteroatoms. The Bertz CT molecular complexity index is 642. The zero-order valence-corrected chi connectivity index (χ0v) is 12.5. The summed E-state index contributed by atoms with van der Waals surface area (Å²) >= 11 is 0.